The molecule has 0 bridgehead atoms. The molecule has 1 aromatic heterocycles. The quantitative estimate of drug-likeness (QED) is 0.740. The van der Waals surface area contributed by atoms with Crippen LogP contribution in [0.5, 0.6) is 0 Å². The van der Waals surface area contributed by atoms with E-state index >= 15 is 0 Å². The zero-order chi connectivity index (χ0) is 15.4. The summed E-state index contributed by atoms with van der Waals surface area (Å²) in [5.41, 5.74) is 1.25. The van der Waals surface area contributed by atoms with E-state index in [9.17, 15) is 4.39 Å². The maximum absolute atomic E-state index is 13.8. The third kappa shape index (κ3) is 3.28. The van der Waals surface area contributed by atoms with Gasteiger partial charge in [0.2, 0.25) is 5.89 Å². The minimum atomic E-state index is -0.311. The fourth-order valence-corrected chi connectivity index (χ4v) is 3.12. The summed E-state index contributed by atoms with van der Waals surface area (Å²) in [7, 11) is 0. The normalized spacial score (nSPS) is 15.5. The SMILES string of the molecule is C=CCN(Cc1coc(-c2ccccc2F)n1)C1CCCC1. The third-order valence-corrected chi connectivity index (χ3v) is 4.23. The lowest BCUT2D eigenvalue weighted by Gasteiger charge is -2.26. The first-order chi connectivity index (χ1) is 10.8. The molecule has 1 aliphatic rings. The first-order valence-corrected chi connectivity index (χ1v) is 7.82. The van der Waals surface area contributed by atoms with Gasteiger partial charge in [-0.2, -0.15) is 0 Å². The van der Waals surface area contributed by atoms with E-state index in [2.05, 4.69) is 16.5 Å². The molecule has 1 heterocycles. The topological polar surface area (TPSA) is 29.3 Å². The second kappa shape index (κ2) is 6.88. The Bertz CT molecular complexity index is 632. The minimum Gasteiger partial charge on any atom is -0.444 e. The van der Waals surface area contributed by atoms with E-state index in [1.165, 1.54) is 31.7 Å². The summed E-state index contributed by atoms with van der Waals surface area (Å²) in [5, 5.41) is 0. The lowest BCUT2D eigenvalue weighted by Crippen LogP contribution is -2.32. The number of benzene rings is 1. The van der Waals surface area contributed by atoms with E-state index in [4.69, 9.17) is 4.42 Å². The fourth-order valence-electron chi connectivity index (χ4n) is 3.12. The van der Waals surface area contributed by atoms with Gasteiger partial charge < -0.3 is 4.42 Å². The highest BCUT2D eigenvalue weighted by Gasteiger charge is 2.23. The van der Waals surface area contributed by atoms with Gasteiger partial charge in [-0.15, -0.1) is 6.58 Å². The van der Waals surface area contributed by atoms with Crippen molar-refractivity contribution in [3.05, 3.63) is 54.7 Å². The standard InChI is InChI=1S/C18H21FN2O/c1-2-11-21(15-7-3-4-8-15)12-14-13-22-18(20-14)16-9-5-6-10-17(16)19/h2,5-6,9-10,13,15H,1,3-4,7-8,11-12H2. The molecule has 4 heteroatoms. The minimum absolute atomic E-state index is 0.311. The van der Waals surface area contributed by atoms with Gasteiger partial charge in [-0.1, -0.05) is 31.1 Å². The average Bonchev–Trinajstić information content (AvgIpc) is 3.19. The predicted molar refractivity (Wildman–Crippen MR) is 84.8 cm³/mol. The smallest absolute Gasteiger partial charge is 0.229 e. The van der Waals surface area contributed by atoms with Crippen molar-refractivity contribution in [3.63, 3.8) is 0 Å². The summed E-state index contributed by atoms with van der Waals surface area (Å²) >= 11 is 0. The van der Waals surface area contributed by atoms with Gasteiger partial charge in [-0.25, -0.2) is 9.37 Å². The highest BCUT2D eigenvalue weighted by molar-refractivity contribution is 5.53. The van der Waals surface area contributed by atoms with Gasteiger partial charge >= 0.3 is 0 Å². The monoisotopic (exact) mass is 300 g/mol. The van der Waals surface area contributed by atoms with Crippen LogP contribution in [0.2, 0.25) is 0 Å². The van der Waals surface area contributed by atoms with Crippen LogP contribution < -0.4 is 0 Å². The molecule has 0 unspecified atom stereocenters. The van der Waals surface area contributed by atoms with Crippen LogP contribution in [0.3, 0.4) is 0 Å². The molecule has 0 radical (unpaired) electrons. The van der Waals surface area contributed by atoms with Crippen molar-refractivity contribution in [2.24, 2.45) is 0 Å². The first-order valence-electron chi connectivity index (χ1n) is 7.82. The van der Waals surface area contributed by atoms with Gasteiger partial charge in [0.15, 0.2) is 0 Å². The zero-order valence-electron chi connectivity index (χ0n) is 12.7. The van der Waals surface area contributed by atoms with Gasteiger partial charge in [-0.05, 0) is 25.0 Å². The van der Waals surface area contributed by atoms with Crippen molar-refractivity contribution in [2.75, 3.05) is 6.54 Å². The molecule has 3 rings (SSSR count). The molecule has 0 spiro atoms. The van der Waals surface area contributed by atoms with E-state index in [0.717, 1.165) is 12.2 Å². The van der Waals surface area contributed by atoms with Crippen molar-refractivity contribution < 1.29 is 8.81 Å². The van der Waals surface area contributed by atoms with Gasteiger partial charge in [0.1, 0.15) is 12.1 Å². The van der Waals surface area contributed by atoms with Gasteiger partial charge in [0.05, 0.1) is 11.3 Å². The number of oxazole rings is 1. The number of hydrogen-bond acceptors (Lipinski definition) is 3. The van der Waals surface area contributed by atoms with Crippen molar-refractivity contribution in [2.45, 2.75) is 38.3 Å². The third-order valence-electron chi connectivity index (χ3n) is 4.23. The molecule has 0 saturated heterocycles. The van der Waals surface area contributed by atoms with Crippen LogP contribution in [0.25, 0.3) is 11.5 Å². The Labute approximate surface area is 130 Å². The molecule has 2 aromatic rings. The average molecular weight is 300 g/mol. The Morgan fingerprint density at radius 3 is 2.82 bits per heavy atom. The summed E-state index contributed by atoms with van der Waals surface area (Å²) in [4.78, 5) is 6.83. The van der Waals surface area contributed by atoms with E-state index in [-0.39, 0.29) is 5.82 Å². The highest BCUT2D eigenvalue weighted by Crippen LogP contribution is 2.26. The molecule has 1 saturated carbocycles. The molecule has 3 nitrogen and oxygen atoms in total. The molecule has 116 valence electrons. The lowest BCUT2D eigenvalue weighted by molar-refractivity contribution is 0.209. The van der Waals surface area contributed by atoms with E-state index in [1.807, 2.05) is 6.08 Å². The van der Waals surface area contributed by atoms with Gasteiger partial charge in [0, 0.05) is 19.1 Å². The molecule has 0 N–H and O–H groups in total. The molecule has 0 amide bonds. The fraction of sp³-hybridized carbons (Fsp3) is 0.389. The van der Waals surface area contributed by atoms with Crippen molar-refractivity contribution in [1.82, 2.24) is 9.88 Å². The Hall–Kier alpha value is -1.94. The number of hydrogen-bond donors (Lipinski definition) is 0. The molecule has 1 fully saturated rings. The van der Waals surface area contributed by atoms with Gasteiger partial charge in [0.25, 0.3) is 0 Å². The number of aromatic nitrogens is 1. The maximum Gasteiger partial charge on any atom is 0.229 e. The molecule has 0 atom stereocenters. The van der Waals surface area contributed by atoms with Crippen LogP contribution >= 0.6 is 0 Å². The Balaban J connectivity index is 1.75. The summed E-state index contributed by atoms with van der Waals surface area (Å²) in [6, 6.07) is 7.14. The van der Waals surface area contributed by atoms with Crippen molar-refractivity contribution in [1.29, 1.82) is 0 Å². The van der Waals surface area contributed by atoms with Crippen LogP contribution in [0, 0.1) is 5.82 Å². The van der Waals surface area contributed by atoms with E-state index in [1.54, 1.807) is 24.5 Å². The van der Waals surface area contributed by atoms with E-state index < -0.39 is 0 Å². The second-order valence-corrected chi connectivity index (χ2v) is 5.78. The molecular formula is C18H21FN2O. The number of rotatable bonds is 6. The summed E-state index contributed by atoms with van der Waals surface area (Å²) in [5.74, 6) is 0.0349. The van der Waals surface area contributed by atoms with Crippen LogP contribution in [0.1, 0.15) is 31.4 Å². The van der Waals surface area contributed by atoms with Crippen LogP contribution in [0.15, 0.2) is 47.6 Å². The molecular weight excluding hydrogens is 279 g/mol. The number of nitrogens with zero attached hydrogens (tertiary/aromatic N) is 2. The van der Waals surface area contributed by atoms with Crippen LogP contribution in [-0.4, -0.2) is 22.5 Å². The summed E-state index contributed by atoms with van der Waals surface area (Å²) in [6.07, 6.45) is 8.59. The Morgan fingerprint density at radius 2 is 2.09 bits per heavy atom. The zero-order valence-corrected chi connectivity index (χ0v) is 12.7. The Morgan fingerprint density at radius 1 is 1.32 bits per heavy atom. The lowest BCUT2D eigenvalue weighted by atomic mass is 10.2. The van der Waals surface area contributed by atoms with Crippen LogP contribution in [-0.2, 0) is 6.54 Å². The van der Waals surface area contributed by atoms with Crippen LogP contribution in [0.4, 0.5) is 4.39 Å². The molecule has 0 aliphatic heterocycles. The Kier molecular flexibility index (Phi) is 4.68. The number of halogens is 1. The molecule has 1 aliphatic carbocycles. The summed E-state index contributed by atoms with van der Waals surface area (Å²) < 4.78 is 19.3. The van der Waals surface area contributed by atoms with Gasteiger partial charge in [-0.3, -0.25) is 4.90 Å². The van der Waals surface area contributed by atoms with Crippen molar-refractivity contribution in [3.8, 4) is 11.5 Å². The summed E-state index contributed by atoms with van der Waals surface area (Å²) in [6.45, 7) is 5.40. The first kappa shape index (κ1) is 15.0. The molecule has 1 aromatic carbocycles. The van der Waals surface area contributed by atoms with E-state index in [0.29, 0.717) is 24.0 Å². The highest BCUT2D eigenvalue weighted by atomic mass is 19.1. The largest absolute Gasteiger partial charge is 0.444 e. The second-order valence-electron chi connectivity index (χ2n) is 5.78. The van der Waals surface area contributed by atoms with Crippen molar-refractivity contribution >= 4 is 0 Å². The predicted octanol–water partition coefficient (Wildman–Crippen LogP) is 4.41. The maximum atomic E-state index is 13.8. The molecule has 22 heavy (non-hydrogen) atoms.